The molecule has 68 valence electrons. The van der Waals surface area contributed by atoms with Crippen LogP contribution in [-0.4, -0.2) is 21.3 Å². The van der Waals surface area contributed by atoms with Gasteiger partial charge in [0.2, 0.25) is 0 Å². The number of aromatic nitrogens is 2. The van der Waals surface area contributed by atoms with Gasteiger partial charge in [0.25, 0.3) is 0 Å². The predicted molar refractivity (Wildman–Crippen MR) is 44.6 cm³/mol. The first-order chi connectivity index (χ1) is 6.20. The van der Waals surface area contributed by atoms with Crippen LogP contribution in [-0.2, 0) is 6.42 Å². The first-order valence-electron chi connectivity index (χ1n) is 4.50. The predicted octanol–water partition coefficient (Wildman–Crippen LogP) is 1.01. The van der Waals surface area contributed by atoms with Gasteiger partial charge in [-0.05, 0) is 24.2 Å². The second kappa shape index (κ2) is 1.95. The molecule has 0 spiro atoms. The van der Waals surface area contributed by atoms with E-state index < -0.39 is 5.97 Å². The third-order valence-corrected chi connectivity index (χ3v) is 3.42. The standard InChI is InChI=1S/C9H10N2O2/c1-3-4-2-5-7(6(3)4)8(9(12)13)11-10-5/h3-4,6H,2H2,1H3,(H,10,11)(H,12,13)/t3?,4-,6+/m1/s1. The molecule has 0 amide bonds. The summed E-state index contributed by atoms with van der Waals surface area (Å²) in [7, 11) is 0. The summed E-state index contributed by atoms with van der Waals surface area (Å²) in [6, 6.07) is 0. The molecule has 0 aromatic carbocycles. The fourth-order valence-electron chi connectivity index (χ4n) is 2.64. The van der Waals surface area contributed by atoms with Crippen molar-refractivity contribution < 1.29 is 9.90 Å². The third-order valence-electron chi connectivity index (χ3n) is 3.42. The van der Waals surface area contributed by atoms with E-state index in [1.54, 1.807) is 0 Å². The van der Waals surface area contributed by atoms with Crippen LogP contribution in [0.1, 0.15) is 34.6 Å². The van der Waals surface area contributed by atoms with E-state index in [0.29, 0.717) is 17.8 Å². The van der Waals surface area contributed by atoms with Gasteiger partial charge >= 0.3 is 5.97 Å². The summed E-state index contributed by atoms with van der Waals surface area (Å²) in [5, 5.41) is 15.5. The molecule has 1 unspecified atom stereocenters. The SMILES string of the molecule is CC1[C@H]2Cc3[nH]nc(C(=O)O)c3[C@@H]12. The summed E-state index contributed by atoms with van der Waals surface area (Å²) >= 11 is 0. The van der Waals surface area contributed by atoms with E-state index in [-0.39, 0.29) is 5.69 Å². The second-order valence-electron chi connectivity index (χ2n) is 4.02. The molecule has 3 rings (SSSR count). The van der Waals surface area contributed by atoms with Gasteiger partial charge < -0.3 is 5.11 Å². The number of H-pyrrole nitrogens is 1. The van der Waals surface area contributed by atoms with Crippen LogP contribution in [0.25, 0.3) is 0 Å². The average Bonchev–Trinajstić information content (AvgIpc) is 2.50. The molecule has 2 aliphatic carbocycles. The molecule has 0 radical (unpaired) electrons. The molecule has 1 aromatic rings. The first-order valence-corrected chi connectivity index (χ1v) is 4.50. The van der Waals surface area contributed by atoms with Crippen LogP contribution >= 0.6 is 0 Å². The van der Waals surface area contributed by atoms with Gasteiger partial charge in [-0.3, -0.25) is 5.10 Å². The van der Waals surface area contributed by atoms with Crippen LogP contribution in [0.15, 0.2) is 0 Å². The molecule has 2 aliphatic rings. The Morgan fingerprint density at radius 2 is 2.46 bits per heavy atom. The number of carboxylic acid groups (broad SMARTS) is 1. The molecular weight excluding hydrogens is 168 g/mol. The van der Waals surface area contributed by atoms with Gasteiger partial charge in [-0.1, -0.05) is 6.92 Å². The molecule has 4 heteroatoms. The summed E-state index contributed by atoms with van der Waals surface area (Å²) in [5.74, 6) is 0.905. The summed E-state index contributed by atoms with van der Waals surface area (Å²) in [6.07, 6.45) is 0.988. The molecule has 4 nitrogen and oxygen atoms in total. The molecular formula is C9H10N2O2. The summed E-state index contributed by atoms with van der Waals surface area (Å²) in [4.78, 5) is 10.8. The van der Waals surface area contributed by atoms with Crippen molar-refractivity contribution in [3.63, 3.8) is 0 Å². The monoisotopic (exact) mass is 178 g/mol. The van der Waals surface area contributed by atoms with E-state index in [4.69, 9.17) is 5.11 Å². The lowest BCUT2D eigenvalue weighted by atomic mass is 10.1. The van der Waals surface area contributed by atoms with Gasteiger partial charge in [-0.15, -0.1) is 0 Å². The quantitative estimate of drug-likeness (QED) is 0.674. The highest BCUT2D eigenvalue weighted by molar-refractivity contribution is 5.88. The lowest BCUT2D eigenvalue weighted by Crippen LogP contribution is -2.00. The van der Waals surface area contributed by atoms with Gasteiger partial charge in [-0.2, -0.15) is 5.10 Å². The molecule has 13 heavy (non-hydrogen) atoms. The van der Waals surface area contributed by atoms with Crippen LogP contribution < -0.4 is 0 Å². The number of carboxylic acids is 1. The van der Waals surface area contributed by atoms with Crippen molar-refractivity contribution in [3.8, 4) is 0 Å². The number of hydrogen-bond donors (Lipinski definition) is 2. The van der Waals surface area contributed by atoms with Crippen LogP contribution in [0.5, 0.6) is 0 Å². The topological polar surface area (TPSA) is 66.0 Å². The third kappa shape index (κ3) is 0.709. The maximum Gasteiger partial charge on any atom is 0.356 e. The number of nitrogens with zero attached hydrogens (tertiary/aromatic N) is 1. The minimum atomic E-state index is -0.905. The normalized spacial score (nSPS) is 34.1. The molecule has 0 aliphatic heterocycles. The molecule has 2 N–H and O–H groups in total. The molecule has 1 fully saturated rings. The van der Waals surface area contributed by atoms with Gasteiger partial charge in [0.1, 0.15) is 0 Å². The Balaban J connectivity index is 2.12. The van der Waals surface area contributed by atoms with Crippen molar-refractivity contribution in [1.82, 2.24) is 10.2 Å². The van der Waals surface area contributed by atoms with Gasteiger partial charge in [0, 0.05) is 11.3 Å². The van der Waals surface area contributed by atoms with Crippen molar-refractivity contribution in [1.29, 1.82) is 0 Å². The van der Waals surface area contributed by atoms with Crippen molar-refractivity contribution in [2.75, 3.05) is 0 Å². The van der Waals surface area contributed by atoms with Crippen LogP contribution in [0, 0.1) is 11.8 Å². The zero-order valence-electron chi connectivity index (χ0n) is 7.24. The average molecular weight is 178 g/mol. The minimum absolute atomic E-state index is 0.242. The second-order valence-corrected chi connectivity index (χ2v) is 4.02. The number of rotatable bonds is 1. The molecule has 1 heterocycles. The molecule has 0 saturated heterocycles. The highest BCUT2D eigenvalue weighted by Gasteiger charge is 2.55. The van der Waals surface area contributed by atoms with E-state index in [9.17, 15) is 4.79 Å². The highest BCUT2D eigenvalue weighted by atomic mass is 16.4. The zero-order valence-corrected chi connectivity index (χ0v) is 7.24. The van der Waals surface area contributed by atoms with Crippen LogP contribution in [0.4, 0.5) is 0 Å². The van der Waals surface area contributed by atoms with E-state index in [0.717, 1.165) is 17.7 Å². The Morgan fingerprint density at radius 1 is 1.69 bits per heavy atom. The fraction of sp³-hybridized carbons (Fsp3) is 0.556. The number of carbonyl (C=O) groups is 1. The van der Waals surface area contributed by atoms with Crippen molar-refractivity contribution >= 4 is 5.97 Å². The lowest BCUT2D eigenvalue weighted by molar-refractivity contribution is 0.0689. The van der Waals surface area contributed by atoms with Crippen LogP contribution in [0.2, 0.25) is 0 Å². The van der Waals surface area contributed by atoms with Crippen molar-refractivity contribution in [2.24, 2.45) is 11.8 Å². The minimum Gasteiger partial charge on any atom is -0.476 e. The first kappa shape index (κ1) is 7.12. The number of aromatic carboxylic acids is 1. The molecule has 3 atom stereocenters. The molecule has 0 bridgehead atoms. The van der Waals surface area contributed by atoms with E-state index >= 15 is 0 Å². The number of aromatic amines is 1. The summed E-state index contributed by atoms with van der Waals surface area (Å²) in [6.45, 7) is 2.18. The zero-order chi connectivity index (χ0) is 9.16. The number of hydrogen-bond acceptors (Lipinski definition) is 2. The van der Waals surface area contributed by atoms with Gasteiger partial charge in [0.15, 0.2) is 5.69 Å². The number of fused-ring (bicyclic) bond motifs is 3. The summed E-state index contributed by atoms with van der Waals surface area (Å²) < 4.78 is 0. The van der Waals surface area contributed by atoms with Crippen molar-refractivity contribution in [2.45, 2.75) is 19.3 Å². The maximum absolute atomic E-state index is 10.8. The summed E-state index contributed by atoms with van der Waals surface area (Å²) in [5.41, 5.74) is 2.27. The Labute approximate surface area is 75.0 Å². The van der Waals surface area contributed by atoms with E-state index in [2.05, 4.69) is 17.1 Å². The van der Waals surface area contributed by atoms with Gasteiger partial charge in [-0.25, -0.2) is 4.79 Å². The maximum atomic E-state index is 10.8. The molecule has 1 aromatic heterocycles. The Morgan fingerprint density at radius 3 is 3.15 bits per heavy atom. The van der Waals surface area contributed by atoms with Gasteiger partial charge in [0.05, 0.1) is 0 Å². The fourth-order valence-corrected chi connectivity index (χ4v) is 2.64. The smallest absolute Gasteiger partial charge is 0.356 e. The van der Waals surface area contributed by atoms with E-state index in [1.165, 1.54) is 0 Å². The Kier molecular flexibility index (Phi) is 1.07. The molecule has 1 saturated carbocycles. The van der Waals surface area contributed by atoms with E-state index in [1.807, 2.05) is 0 Å². The Bertz CT molecular complexity index is 396. The van der Waals surface area contributed by atoms with Crippen molar-refractivity contribution in [3.05, 3.63) is 17.0 Å². The highest BCUT2D eigenvalue weighted by Crippen LogP contribution is 2.61. The largest absolute Gasteiger partial charge is 0.476 e. The number of nitrogens with one attached hydrogen (secondary N) is 1. The lowest BCUT2D eigenvalue weighted by Gasteiger charge is -1.96. The Hall–Kier alpha value is -1.32. The van der Waals surface area contributed by atoms with Crippen LogP contribution in [0.3, 0.4) is 0 Å².